The number of anilines is 1. The summed E-state index contributed by atoms with van der Waals surface area (Å²) >= 11 is 1.04. The summed E-state index contributed by atoms with van der Waals surface area (Å²) in [7, 11) is 0. The highest BCUT2D eigenvalue weighted by atomic mass is 32.1. The number of carbonyl (C=O) groups is 3. The first-order valence-corrected chi connectivity index (χ1v) is 8.70. The van der Waals surface area contributed by atoms with Crippen molar-refractivity contribution in [2.45, 2.75) is 33.1 Å². The molecular weight excluding hydrogens is 330 g/mol. The molecule has 1 N–H and O–H groups in total. The van der Waals surface area contributed by atoms with Gasteiger partial charge in [-0.3, -0.25) is 4.79 Å². The minimum absolute atomic E-state index is 0.0291. The van der Waals surface area contributed by atoms with Crippen molar-refractivity contribution in [2.75, 3.05) is 18.5 Å². The molecule has 130 valence electrons. The van der Waals surface area contributed by atoms with Gasteiger partial charge >= 0.3 is 11.9 Å². The summed E-state index contributed by atoms with van der Waals surface area (Å²) in [5, 5.41) is 3.12. The maximum atomic E-state index is 12.2. The quantitative estimate of drug-likeness (QED) is 0.602. The van der Waals surface area contributed by atoms with Crippen LogP contribution in [0.4, 0.5) is 5.00 Å². The van der Waals surface area contributed by atoms with Gasteiger partial charge in [0.2, 0.25) is 5.91 Å². The Bertz CT molecular complexity index is 660. The molecule has 1 aliphatic rings. The molecule has 0 aromatic carbocycles. The van der Waals surface area contributed by atoms with Crippen molar-refractivity contribution in [2.24, 2.45) is 5.92 Å². The van der Waals surface area contributed by atoms with Gasteiger partial charge < -0.3 is 14.8 Å². The zero-order valence-corrected chi connectivity index (χ0v) is 14.7. The van der Waals surface area contributed by atoms with E-state index in [9.17, 15) is 14.4 Å². The smallest absolute Gasteiger partial charge is 0.348 e. The first-order valence-electron chi connectivity index (χ1n) is 7.88. The predicted molar refractivity (Wildman–Crippen MR) is 91.5 cm³/mol. The van der Waals surface area contributed by atoms with Crippen LogP contribution >= 0.6 is 11.3 Å². The Labute approximate surface area is 144 Å². The monoisotopic (exact) mass is 351 g/mol. The van der Waals surface area contributed by atoms with E-state index in [0.29, 0.717) is 10.6 Å². The number of esters is 2. The largest absolute Gasteiger partial charge is 0.462 e. The van der Waals surface area contributed by atoms with Crippen LogP contribution in [-0.4, -0.2) is 31.1 Å². The van der Waals surface area contributed by atoms with Gasteiger partial charge in [-0.15, -0.1) is 11.3 Å². The van der Waals surface area contributed by atoms with Crippen LogP contribution in [0.3, 0.4) is 0 Å². The van der Waals surface area contributed by atoms with Gasteiger partial charge in [0.1, 0.15) is 16.5 Å². The number of hydrogen-bond acceptors (Lipinski definition) is 6. The van der Waals surface area contributed by atoms with E-state index >= 15 is 0 Å². The zero-order valence-electron chi connectivity index (χ0n) is 13.8. The fourth-order valence-corrected chi connectivity index (χ4v) is 3.42. The van der Waals surface area contributed by atoms with Crippen LogP contribution in [0.5, 0.6) is 0 Å². The van der Waals surface area contributed by atoms with E-state index in [2.05, 4.69) is 11.9 Å². The van der Waals surface area contributed by atoms with E-state index in [1.807, 2.05) is 0 Å². The van der Waals surface area contributed by atoms with Gasteiger partial charge in [0.15, 0.2) is 0 Å². The SMILES string of the molecule is C=CCOC(=O)c1sc(NC(=O)C2CCC2)c(C(=O)OCC)c1C. The van der Waals surface area contributed by atoms with Crippen molar-refractivity contribution in [1.29, 1.82) is 0 Å². The van der Waals surface area contributed by atoms with Gasteiger partial charge in [-0.1, -0.05) is 19.1 Å². The van der Waals surface area contributed by atoms with E-state index in [4.69, 9.17) is 9.47 Å². The Morgan fingerprint density at radius 1 is 1.29 bits per heavy atom. The lowest BCUT2D eigenvalue weighted by molar-refractivity contribution is -0.122. The summed E-state index contributed by atoms with van der Waals surface area (Å²) in [5.41, 5.74) is 0.677. The molecule has 0 spiro atoms. The maximum absolute atomic E-state index is 12.2. The van der Waals surface area contributed by atoms with Crippen LogP contribution in [0.1, 0.15) is 51.8 Å². The normalized spacial score (nSPS) is 13.8. The Kier molecular flexibility index (Phi) is 6.14. The number of carbonyl (C=O) groups excluding carboxylic acids is 3. The van der Waals surface area contributed by atoms with Crippen LogP contribution in [0.2, 0.25) is 0 Å². The Balaban J connectivity index is 2.31. The molecule has 1 heterocycles. The number of rotatable bonds is 7. The van der Waals surface area contributed by atoms with Crippen molar-refractivity contribution in [3.05, 3.63) is 28.7 Å². The van der Waals surface area contributed by atoms with Gasteiger partial charge in [-0.25, -0.2) is 9.59 Å². The highest BCUT2D eigenvalue weighted by molar-refractivity contribution is 7.18. The Morgan fingerprint density at radius 3 is 2.54 bits per heavy atom. The summed E-state index contributed by atoms with van der Waals surface area (Å²) in [6.07, 6.45) is 4.19. The lowest BCUT2D eigenvalue weighted by atomic mass is 9.85. The molecule has 7 heteroatoms. The van der Waals surface area contributed by atoms with E-state index in [-0.39, 0.29) is 35.5 Å². The summed E-state index contributed by atoms with van der Waals surface area (Å²) < 4.78 is 10.1. The molecule has 2 rings (SSSR count). The second-order valence-corrected chi connectivity index (χ2v) is 6.51. The van der Waals surface area contributed by atoms with Gasteiger partial charge in [0.25, 0.3) is 0 Å². The molecule has 0 unspecified atom stereocenters. The third kappa shape index (κ3) is 3.84. The van der Waals surface area contributed by atoms with E-state index in [1.165, 1.54) is 6.08 Å². The third-order valence-electron chi connectivity index (χ3n) is 3.86. The van der Waals surface area contributed by atoms with Crippen molar-refractivity contribution in [1.82, 2.24) is 0 Å². The van der Waals surface area contributed by atoms with Crippen LogP contribution < -0.4 is 5.32 Å². The number of ether oxygens (including phenoxy) is 2. The van der Waals surface area contributed by atoms with Crippen molar-refractivity contribution in [3.63, 3.8) is 0 Å². The van der Waals surface area contributed by atoms with Gasteiger partial charge in [0.05, 0.1) is 12.2 Å². The van der Waals surface area contributed by atoms with Gasteiger partial charge in [0, 0.05) is 5.92 Å². The second kappa shape index (κ2) is 8.10. The molecule has 0 saturated heterocycles. The molecular formula is C17H21NO5S. The van der Waals surface area contributed by atoms with Crippen molar-refractivity contribution >= 4 is 34.2 Å². The average molecular weight is 351 g/mol. The molecule has 6 nitrogen and oxygen atoms in total. The molecule has 0 aliphatic heterocycles. The third-order valence-corrected chi connectivity index (χ3v) is 5.04. The van der Waals surface area contributed by atoms with E-state index < -0.39 is 11.9 Å². The standard InChI is InChI=1S/C17H21NO5S/c1-4-9-23-17(21)13-10(3)12(16(20)22-5-2)15(24-13)18-14(19)11-7-6-8-11/h4,11H,1,5-9H2,2-3H3,(H,18,19). The topological polar surface area (TPSA) is 81.7 Å². The summed E-state index contributed by atoms with van der Waals surface area (Å²) in [4.78, 5) is 36.9. The molecule has 1 amide bonds. The molecule has 1 aromatic rings. The number of amides is 1. The molecule has 0 atom stereocenters. The van der Waals surface area contributed by atoms with Crippen LogP contribution in [0.15, 0.2) is 12.7 Å². The maximum Gasteiger partial charge on any atom is 0.348 e. The average Bonchev–Trinajstić information content (AvgIpc) is 2.79. The highest BCUT2D eigenvalue weighted by Gasteiger charge is 2.30. The summed E-state index contributed by atoms with van der Waals surface area (Å²) in [5.74, 6) is -1.26. The minimum Gasteiger partial charge on any atom is -0.462 e. The fraction of sp³-hybridized carbons (Fsp3) is 0.471. The lowest BCUT2D eigenvalue weighted by Crippen LogP contribution is -2.28. The van der Waals surface area contributed by atoms with Gasteiger partial charge in [-0.05, 0) is 32.3 Å². The van der Waals surface area contributed by atoms with Crippen molar-refractivity contribution in [3.8, 4) is 0 Å². The van der Waals surface area contributed by atoms with Gasteiger partial charge in [-0.2, -0.15) is 0 Å². The number of nitrogens with one attached hydrogen (secondary N) is 1. The molecule has 1 aliphatic carbocycles. The summed E-state index contributed by atoms with van der Waals surface area (Å²) in [6, 6.07) is 0. The highest BCUT2D eigenvalue weighted by Crippen LogP contribution is 2.36. The van der Waals surface area contributed by atoms with E-state index in [0.717, 1.165) is 30.6 Å². The lowest BCUT2D eigenvalue weighted by Gasteiger charge is -2.23. The first-order chi connectivity index (χ1) is 11.5. The van der Waals surface area contributed by atoms with Crippen LogP contribution in [-0.2, 0) is 14.3 Å². The minimum atomic E-state index is -0.557. The molecule has 0 radical (unpaired) electrons. The molecule has 0 bridgehead atoms. The second-order valence-electron chi connectivity index (χ2n) is 5.48. The van der Waals surface area contributed by atoms with Crippen LogP contribution in [0, 0.1) is 12.8 Å². The number of thiophene rings is 1. The fourth-order valence-electron chi connectivity index (χ4n) is 2.33. The molecule has 1 fully saturated rings. The Morgan fingerprint density at radius 2 is 2.00 bits per heavy atom. The summed E-state index contributed by atoms with van der Waals surface area (Å²) in [6.45, 7) is 7.13. The molecule has 1 aromatic heterocycles. The van der Waals surface area contributed by atoms with Crippen LogP contribution in [0.25, 0.3) is 0 Å². The molecule has 24 heavy (non-hydrogen) atoms. The zero-order chi connectivity index (χ0) is 17.7. The first kappa shape index (κ1) is 18.2. The number of hydrogen-bond donors (Lipinski definition) is 1. The van der Waals surface area contributed by atoms with Crippen molar-refractivity contribution < 1.29 is 23.9 Å². The Hall–Kier alpha value is -2.15. The van der Waals surface area contributed by atoms with E-state index in [1.54, 1.807) is 13.8 Å². The molecule has 1 saturated carbocycles. The predicted octanol–water partition coefficient (Wildman–Crippen LogP) is 3.31.